The van der Waals surface area contributed by atoms with E-state index in [1.807, 2.05) is 13.1 Å². The van der Waals surface area contributed by atoms with E-state index in [1.54, 1.807) is 11.8 Å². The molecule has 0 amide bonds. The lowest BCUT2D eigenvalue weighted by Crippen LogP contribution is -2.20. The van der Waals surface area contributed by atoms with Crippen molar-refractivity contribution in [2.45, 2.75) is 56.3 Å². The fraction of sp³-hybridized carbons (Fsp3) is 0.667. The van der Waals surface area contributed by atoms with E-state index in [9.17, 15) is 0 Å². The Bertz CT molecular complexity index is 621. The smallest absolute Gasteiger partial charge is 0.191 e. The highest BCUT2D eigenvalue weighted by Crippen LogP contribution is 2.24. The van der Waals surface area contributed by atoms with Gasteiger partial charge in [0.25, 0.3) is 0 Å². The van der Waals surface area contributed by atoms with Crippen molar-refractivity contribution >= 4 is 11.8 Å². The van der Waals surface area contributed by atoms with E-state index in [-0.39, 0.29) is 6.10 Å². The second kappa shape index (κ2) is 7.94. The van der Waals surface area contributed by atoms with Crippen LogP contribution in [-0.2, 0) is 30.0 Å². The second-order valence-electron chi connectivity index (χ2n) is 5.60. The van der Waals surface area contributed by atoms with Gasteiger partial charge < -0.3 is 19.1 Å². The summed E-state index contributed by atoms with van der Waals surface area (Å²) in [6.45, 7) is 4.43. The maximum absolute atomic E-state index is 5.76. The van der Waals surface area contributed by atoms with Crippen LogP contribution in [-0.4, -0.2) is 39.7 Å². The highest BCUT2D eigenvalue weighted by Gasteiger charge is 2.21. The summed E-state index contributed by atoms with van der Waals surface area (Å²) in [5.74, 6) is 2.52. The van der Waals surface area contributed by atoms with Crippen molar-refractivity contribution in [2.24, 2.45) is 0 Å². The Balaban J connectivity index is 1.69. The van der Waals surface area contributed by atoms with Crippen LogP contribution in [0.15, 0.2) is 15.7 Å². The molecule has 23 heavy (non-hydrogen) atoms. The number of aryl methyl sites for hydroxylation is 1. The van der Waals surface area contributed by atoms with Crippen molar-refractivity contribution in [3.05, 3.63) is 23.3 Å². The summed E-state index contributed by atoms with van der Waals surface area (Å²) in [7, 11) is 1.92. The molecule has 0 radical (unpaired) electrons. The highest BCUT2D eigenvalue weighted by atomic mass is 32.2. The summed E-state index contributed by atoms with van der Waals surface area (Å²) in [5, 5.41) is 16.7. The molecule has 1 aliphatic rings. The molecule has 2 aromatic heterocycles. The van der Waals surface area contributed by atoms with Crippen LogP contribution in [0.2, 0.25) is 0 Å². The van der Waals surface area contributed by atoms with Gasteiger partial charge in [-0.3, -0.25) is 0 Å². The molecule has 2 aromatic rings. The van der Waals surface area contributed by atoms with Crippen LogP contribution in [0.5, 0.6) is 0 Å². The Morgan fingerprint density at radius 3 is 3.04 bits per heavy atom. The first-order valence-corrected chi connectivity index (χ1v) is 9.04. The Morgan fingerprint density at radius 1 is 1.43 bits per heavy atom. The van der Waals surface area contributed by atoms with Gasteiger partial charge in [0.2, 0.25) is 0 Å². The van der Waals surface area contributed by atoms with Crippen molar-refractivity contribution in [2.75, 3.05) is 13.7 Å². The van der Waals surface area contributed by atoms with Gasteiger partial charge in [0.15, 0.2) is 5.16 Å². The average Bonchev–Trinajstić information content (AvgIpc) is 3.29. The number of hydrogen-bond acceptors (Lipinski definition) is 7. The predicted octanol–water partition coefficient (Wildman–Crippen LogP) is 2.02. The molecule has 7 nitrogen and oxygen atoms in total. The SMILES string of the molecule is CCc1cc(CSc2nnc(CNC)n2C[C@H]2CCCO2)on1. The van der Waals surface area contributed by atoms with Crippen LogP contribution in [0.3, 0.4) is 0 Å². The van der Waals surface area contributed by atoms with Gasteiger partial charge in [0.1, 0.15) is 11.6 Å². The van der Waals surface area contributed by atoms with E-state index >= 15 is 0 Å². The van der Waals surface area contributed by atoms with Gasteiger partial charge in [-0.15, -0.1) is 10.2 Å². The topological polar surface area (TPSA) is 78.0 Å². The molecule has 126 valence electrons. The predicted molar refractivity (Wildman–Crippen MR) is 87.2 cm³/mol. The van der Waals surface area contributed by atoms with Crippen molar-refractivity contribution < 1.29 is 9.26 Å². The van der Waals surface area contributed by atoms with Crippen molar-refractivity contribution in [1.29, 1.82) is 0 Å². The fourth-order valence-electron chi connectivity index (χ4n) is 2.62. The summed E-state index contributed by atoms with van der Waals surface area (Å²) < 4.78 is 13.3. The summed E-state index contributed by atoms with van der Waals surface area (Å²) >= 11 is 1.63. The van der Waals surface area contributed by atoms with Gasteiger partial charge in [-0.25, -0.2) is 0 Å². The number of rotatable bonds is 8. The van der Waals surface area contributed by atoms with E-state index < -0.39 is 0 Å². The summed E-state index contributed by atoms with van der Waals surface area (Å²) in [5.41, 5.74) is 0.984. The largest absolute Gasteiger partial charge is 0.376 e. The molecule has 1 N–H and O–H groups in total. The summed E-state index contributed by atoms with van der Waals surface area (Å²) in [6.07, 6.45) is 3.38. The molecule has 1 fully saturated rings. The van der Waals surface area contributed by atoms with Crippen LogP contribution >= 0.6 is 11.8 Å². The Labute approximate surface area is 140 Å². The standard InChI is InChI=1S/C15H23N5O2S/c1-3-11-7-13(22-19-11)10-23-15-18-17-14(8-16-2)20(15)9-12-5-4-6-21-12/h7,12,16H,3-6,8-10H2,1-2H3/t12-/m1/s1. The highest BCUT2D eigenvalue weighted by molar-refractivity contribution is 7.98. The maximum atomic E-state index is 5.76. The molecule has 0 bridgehead atoms. The van der Waals surface area contributed by atoms with E-state index in [4.69, 9.17) is 9.26 Å². The minimum Gasteiger partial charge on any atom is -0.376 e. The molecular formula is C15H23N5O2S. The van der Waals surface area contributed by atoms with Gasteiger partial charge in [-0.05, 0) is 26.3 Å². The molecule has 0 spiro atoms. The Morgan fingerprint density at radius 2 is 2.35 bits per heavy atom. The number of thioether (sulfide) groups is 1. The third-order valence-corrected chi connectivity index (χ3v) is 4.84. The molecule has 0 unspecified atom stereocenters. The van der Waals surface area contributed by atoms with Crippen molar-refractivity contribution in [3.8, 4) is 0 Å². The van der Waals surface area contributed by atoms with Gasteiger partial charge in [-0.1, -0.05) is 23.8 Å². The lowest BCUT2D eigenvalue weighted by Gasteiger charge is -2.14. The number of aromatic nitrogens is 4. The van der Waals surface area contributed by atoms with Crippen LogP contribution in [0.25, 0.3) is 0 Å². The van der Waals surface area contributed by atoms with Gasteiger partial charge in [0, 0.05) is 12.7 Å². The van der Waals surface area contributed by atoms with Crippen molar-refractivity contribution in [1.82, 2.24) is 25.2 Å². The maximum Gasteiger partial charge on any atom is 0.191 e. The van der Waals surface area contributed by atoms with Gasteiger partial charge >= 0.3 is 0 Å². The van der Waals surface area contributed by atoms with Crippen LogP contribution in [0, 0.1) is 0 Å². The quantitative estimate of drug-likeness (QED) is 0.738. The number of nitrogens with one attached hydrogen (secondary N) is 1. The lowest BCUT2D eigenvalue weighted by atomic mass is 10.2. The Hall–Kier alpha value is -1.38. The monoisotopic (exact) mass is 337 g/mol. The van der Waals surface area contributed by atoms with Crippen molar-refractivity contribution in [3.63, 3.8) is 0 Å². The number of hydrogen-bond donors (Lipinski definition) is 1. The third-order valence-electron chi connectivity index (χ3n) is 3.85. The summed E-state index contributed by atoms with van der Waals surface area (Å²) in [6, 6.07) is 2.00. The molecule has 1 atom stereocenters. The summed E-state index contributed by atoms with van der Waals surface area (Å²) in [4.78, 5) is 0. The third kappa shape index (κ3) is 4.13. The molecule has 1 aliphatic heterocycles. The van der Waals surface area contributed by atoms with Gasteiger partial charge in [0.05, 0.1) is 30.6 Å². The number of ether oxygens (including phenoxy) is 1. The molecule has 8 heteroatoms. The zero-order valence-corrected chi connectivity index (χ0v) is 14.4. The first-order valence-electron chi connectivity index (χ1n) is 8.05. The second-order valence-corrected chi connectivity index (χ2v) is 6.54. The fourth-order valence-corrected chi connectivity index (χ4v) is 3.46. The molecule has 0 saturated carbocycles. The first-order chi connectivity index (χ1) is 11.3. The van der Waals surface area contributed by atoms with E-state index in [0.717, 1.165) is 54.8 Å². The van der Waals surface area contributed by atoms with E-state index in [1.165, 1.54) is 0 Å². The number of nitrogens with zero attached hydrogens (tertiary/aromatic N) is 4. The Kier molecular flexibility index (Phi) is 5.69. The zero-order chi connectivity index (χ0) is 16.1. The molecule has 3 heterocycles. The van der Waals surface area contributed by atoms with Crippen LogP contribution < -0.4 is 5.32 Å². The molecule has 1 saturated heterocycles. The normalized spacial score (nSPS) is 17.9. The average molecular weight is 337 g/mol. The minimum atomic E-state index is 0.262. The van der Waals surface area contributed by atoms with E-state index in [0.29, 0.717) is 12.3 Å². The molecular weight excluding hydrogens is 314 g/mol. The lowest BCUT2D eigenvalue weighted by molar-refractivity contribution is 0.0941. The molecule has 0 aliphatic carbocycles. The molecule has 0 aromatic carbocycles. The first kappa shape index (κ1) is 16.5. The van der Waals surface area contributed by atoms with E-state index in [2.05, 4.69) is 32.2 Å². The van der Waals surface area contributed by atoms with Crippen LogP contribution in [0.4, 0.5) is 0 Å². The van der Waals surface area contributed by atoms with Gasteiger partial charge in [-0.2, -0.15) is 0 Å². The minimum absolute atomic E-state index is 0.262. The zero-order valence-electron chi connectivity index (χ0n) is 13.6. The molecule has 3 rings (SSSR count). The van der Waals surface area contributed by atoms with Crippen LogP contribution in [0.1, 0.15) is 37.0 Å².